The predicted octanol–water partition coefficient (Wildman–Crippen LogP) is 2.30. The number of aromatic nitrogens is 2. The van der Waals surface area contributed by atoms with Crippen LogP contribution in [0, 0.1) is 5.82 Å². The van der Waals surface area contributed by atoms with Gasteiger partial charge in [0.1, 0.15) is 11.6 Å². The van der Waals surface area contributed by atoms with Crippen LogP contribution in [0.4, 0.5) is 4.39 Å². The van der Waals surface area contributed by atoms with Crippen molar-refractivity contribution in [1.29, 1.82) is 0 Å². The molecule has 0 saturated heterocycles. The zero-order valence-electron chi connectivity index (χ0n) is 9.87. The number of nitrogens with zero attached hydrogens (tertiary/aromatic N) is 1. The van der Waals surface area contributed by atoms with Gasteiger partial charge in [-0.2, -0.15) is 0 Å². The highest BCUT2D eigenvalue weighted by molar-refractivity contribution is 6.30. The molecular weight excluding hydrogens is 271 g/mol. The number of ether oxygens (including phenoxy) is 1. The van der Waals surface area contributed by atoms with Crippen molar-refractivity contribution in [3.63, 3.8) is 0 Å². The number of hydrogen-bond acceptors (Lipinski definition) is 3. The van der Waals surface area contributed by atoms with E-state index in [0.29, 0.717) is 35.7 Å². The van der Waals surface area contributed by atoms with Gasteiger partial charge in [-0.25, -0.2) is 9.37 Å². The highest BCUT2D eigenvalue weighted by atomic mass is 35.5. The average Bonchev–Trinajstić information content (AvgIpc) is 2.37. The van der Waals surface area contributed by atoms with E-state index in [-0.39, 0.29) is 17.2 Å². The van der Waals surface area contributed by atoms with Gasteiger partial charge in [0.05, 0.1) is 24.5 Å². The van der Waals surface area contributed by atoms with Gasteiger partial charge in [0.15, 0.2) is 0 Å². The molecule has 3 rings (SSSR count). The van der Waals surface area contributed by atoms with Gasteiger partial charge < -0.3 is 9.72 Å². The Labute approximate surface area is 113 Å². The van der Waals surface area contributed by atoms with Crippen LogP contribution in [0.2, 0.25) is 5.02 Å². The van der Waals surface area contributed by atoms with Crippen LogP contribution in [0.15, 0.2) is 23.0 Å². The van der Waals surface area contributed by atoms with Crippen molar-refractivity contribution in [3.8, 4) is 11.4 Å². The molecule has 1 aromatic carbocycles. The van der Waals surface area contributed by atoms with Crippen molar-refractivity contribution < 1.29 is 9.13 Å². The fraction of sp³-hybridized carbons (Fsp3) is 0.231. The standard InChI is InChI=1S/C13H10ClFN2O2/c14-8-3-7(4-9(15)5-8)12-16-11-1-2-19-6-10(11)13(18)17-12/h3-5H,1-2,6H2,(H,16,17,18). The van der Waals surface area contributed by atoms with Crippen molar-refractivity contribution in [3.05, 3.63) is 50.7 Å². The van der Waals surface area contributed by atoms with E-state index in [0.717, 1.165) is 0 Å². The summed E-state index contributed by atoms with van der Waals surface area (Å²) in [6.45, 7) is 0.800. The zero-order valence-corrected chi connectivity index (χ0v) is 10.6. The molecule has 0 saturated carbocycles. The van der Waals surface area contributed by atoms with E-state index in [2.05, 4.69) is 9.97 Å². The van der Waals surface area contributed by atoms with E-state index in [1.165, 1.54) is 12.1 Å². The normalized spacial score (nSPS) is 14.2. The number of aromatic amines is 1. The van der Waals surface area contributed by atoms with Crippen LogP contribution >= 0.6 is 11.6 Å². The number of rotatable bonds is 1. The van der Waals surface area contributed by atoms with Gasteiger partial charge in [-0.05, 0) is 18.2 Å². The summed E-state index contributed by atoms with van der Waals surface area (Å²) >= 11 is 5.80. The molecule has 0 atom stereocenters. The molecule has 0 aliphatic carbocycles. The van der Waals surface area contributed by atoms with Crippen LogP contribution in [0.3, 0.4) is 0 Å². The van der Waals surface area contributed by atoms with Gasteiger partial charge in [0.2, 0.25) is 0 Å². The minimum atomic E-state index is -0.466. The van der Waals surface area contributed by atoms with E-state index in [4.69, 9.17) is 16.3 Å². The number of nitrogens with one attached hydrogen (secondary N) is 1. The third-order valence-corrected chi connectivity index (χ3v) is 3.18. The topological polar surface area (TPSA) is 55.0 Å². The predicted molar refractivity (Wildman–Crippen MR) is 68.6 cm³/mol. The lowest BCUT2D eigenvalue weighted by molar-refractivity contribution is 0.108. The summed E-state index contributed by atoms with van der Waals surface area (Å²) in [5.74, 6) is -0.141. The first-order valence-electron chi connectivity index (χ1n) is 5.80. The van der Waals surface area contributed by atoms with Crippen molar-refractivity contribution >= 4 is 11.6 Å². The molecule has 2 aromatic rings. The van der Waals surface area contributed by atoms with Crippen LogP contribution < -0.4 is 5.56 Å². The molecule has 1 aromatic heterocycles. The number of hydrogen-bond donors (Lipinski definition) is 1. The molecule has 0 unspecified atom stereocenters. The van der Waals surface area contributed by atoms with Gasteiger partial charge in [-0.1, -0.05) is 11.6 Å². The Balaban J connectivity index is 2.15. The molecule has 4 nitrogen and oxygen atoms in total. The second-order valence-corrected chi connectivity index (χ2v) is 4.74. The summed E-state index contributed by atoms with van der Waals surface area (Å²) in [6.07, 6.45) is 0.579. The number of fused-ring (bicyclic) bond motifs is 1. The lowest BCUT2D eigenvalue weighted by Crippen LogP contribution is -2.24. The molecule has 0 amide bonds. The number of H-pyrrole nitrogens is 1. The van der Waals surface area contributed by atoms with Gasteiger partial charge >= 0.3 is 0 Å². The van der Waals surface area contributed by atoms with Gasteiger partial charge in [0.25, 0.3) is 5.56 Å². The van der Waals surface area contributed by atoms with Crippen molar-refractivity contribution in [1.82, 2.24) is 9.97 Å². The van der Waals surface area contributed by atoms with Gasteiger partial charge in [-0.3, -0.25) is 4.79 Å². The van der Waals surface area contributed by atoms with Crippen LogP contribution in [0.25, 0.3) is 11.4 Å². The molecule has 1 N–H and O–H groups in total. The quantitative estimate of drug-likeness (QED) is 0.872. The van der Waals surface area contributed by atoms with E-state index in [9.17, 15) is 9.18 Å². The Hall–Kier alpha value is -1.72. The molecule has 98 valence electrons. The maximum atomic E-state index is 13.3. The first-order chi connectivity index (χ1) is 9.13. The van der Waals surface area contributed by atoms with Gasteiger partial charge in [0, 0.05) is 17.0 Å². The summed E-state index contributed by atoms with van der Waals surface area (Å²) in [6, 6.07) is 4.06. The third kappa shape index (κ3) is 2.39. The minimum Gasteiger partial charge on any atom is -0.376 e. The Morgan fingerprint density at radius 2 is 2.21 bits per heavy atom. The van der Waals surface area contributed by atoms with E-state index in [1.807, 2.05) is 0 Å². The van der Waals surface area contributed by atoms with Gasteiger partial charge in [-0.15, -0.1) is 0 Å². The van der Waals surface area contributed by atoms with E-state index < -0.39 is 5.82 Å². The summed E-state index contributed by atoms with van der Waals surface area (Å²) in [4.78, 5) is 18.9. The highest BCUT2D eigenvalue weighted by Crippen LogP contribution is 2.22. The summed E-state index contributed by atoms with van der Waals surface area (Å²) < 4.78 is 18.5. The summed E-state index contributed by atoms with van der Waals surface area (Å²) in [5, 5.41) is 0.263. The second-order valence-electron chi connectivity index (χ2n) is 4.30. The second kappa shape index (κ2) is 4.75. The van der Waals surface area contributed by atoms with Crippen LogP contribution in [-0.4, -0.2) is 16.6 Å². The Morgan fingerprint density at radius 3 is 3.00 bits per heavy atom. The molecular formula is C13H10ClFN2O2. The number of benzene rings is 1. The van der Waals surface area contributed by atoms with Crippen LogP contribution in [0.5, 0.6) is 0 Å². The summed E-state index contributed by atoms with van der Waals surface area (Å²) in [5.41, 5.74) is 1.44. The molecule has 0 bridgehead atoms. The molecule has 6 heteroatoms. The summed E-state index contributed by atoms with van der Waals surface area (Å²) in [7, 11) is 0. The first kappa shape index (κ1) is 12.3. The lowest BCUT2D eigenvalue weighted by Gasteiger charge is -2.15. The smallest absolute Gasteiger partial charge is 0.256 e. The monoisotopic (exact) mass is 280 g/mol. The fourth-order valence-corrected chi connectivity index (χ4v) is 2.29. The Morgan fingerprint density at radius 1 is 1.37 bits per heavy atom. The average molecular weight is 281 g/mol. The Bertz CT molecular complexity index is 679. The molecule has 0 fully saturated rings. The first-order valence-corrected chi connectivity index (χ1v) is 6.17. The molecule has 1 aliphatic heterocycles. The largest absolute Gasteiger partial charge is 0.376 e. The molecule has 19 heavy (non-hydrogen) atoms. The highest BCUT2D eigenvalue weighted by Gasteiger charge is 2.16. The van der Waals surface area contributed by atoms with Crippen molar-refractivity contribution in [2.45, 2.75) is 13.0 Å². The number of halogens is 2. The van der Waals surface area contributed by atoms with E-state index >= 15 is 0 Å². The van der Waals surface area contributed by atoms with E-state index in [1.54, 1.807) is 6.07 Å². The third-order valence-electron chi connectivity index (χ3n) is 2.97. The molecule has 0 spiro atoms. The van der Waals surface area contributed by atoms with Crippen LogP contribution in [0.1, 0.15) is 11.3 Å². The molecule has 0 radical (unpaired) electrons. The Kier molecular flexibility index (Phi) is 3.08. The lowest BCUT2D eigenvalue weighted by atomic mass is 10.1. The minimum absolute atomic E-state index is 0.250. The maximum Gasteiger partial charge on any atom is 0.256 e. The van der Waals surface area contributed by atoms with Crippen molar-refractivity contribution in [2.24, 2.45) is 0 Å². The maximum absolute atomic E-state index is 13.3. The van der Waals surface area contributed by atoms with Crippen molar-refractivity contribution in [2.75, 3.05) is 6.61 Å². The SMILES string of the molecule is O=c1[nH]c(-c2cc(F)cc(Cl)c2)nc2c1COCC2. The molecule has 2 heterocycles. The van der Waals surface area contributed by atoms with Crippen LogP contribution in [-0.2, 0) is 17.8 Å². The zero-order chi connectivity index (χ0) is 13.4. The fourth-order valence-electron chi connectivity index (χ4n) is 2.07. The molecule has 1 aliphatic rings.